The Hall–Kier alpha value is -3.48. The Labute approximate surface area is 207 Å². The van der Waals surface area contributed by atoms with Crippen molar-refractivity contribution in [2.75, 3.05) is 6.54 Å². The van der Waals surface area contributed by atoms with E-state index in [0.29, 0.717) is 11.9 Å². The summed E-state index contributed by atoms with van der Waals surface area (Å²) in [5, 5.41) is 4.38. The molecule has 0 bridgehead atoms. The van der Waals surface area contributed by atoms with Crippen LogP contribution in [0.25, 0.3) is 10.8 Å². The van der Waals surface area contributed by atoms with Crippen molar-refractivity contribution < 1.29 is 13.2 Å². The van der Waals surface area contributed by atoms with E-state index < -0.39 is 16.1 Å². The average molecular weight is 486 g/mol. The molecule has 0 aliphatic carbocycles. The van der Waals surface area contributed by atoms with E-state index in [-0.39, 0.29) is 17.2 Å². The van der Waals surface area contributed by atoms with Crippen LogP contribution >= 0.6 is 0 Å². The molecule has 0 aromatic heterocycles. The largest absolute Gasteiger partial charge is 0.355 e. The van der Waals surface area contributed by atoms with E-state index in [9.17, 15) is 13.2 Å². The first kappa shape index (κ1) is 24.6. The molecule has 0 saturated carbocycles. The van der Waals surface area contributed by atoms with Crippen molar-refractivity contribution in [3.63, 3.8) is 0 Å². The van der Waals surface area contributed by atoms with E-state index >= 15 is 0 Å². The number of benzene rings is 4. The zero-order chi connectivity index (χ0) is 24.5. The van der Waals surface area contributed by atoms with Crippen molar-refractivity contribution in [3.8, 4) is 0 Å². The summed E-state index contributed by atoms with van der Waals surface area (Å²) in [6, 6.07) is 31.9. The van der Waals surface area contributed by atoms with Gasteiger partial charge in [0.05, 0.1) is 4.90 Å². The van der Waals surface area contributed by atoms with Crippen LogP contribution in [0.15, 0.2) is 102 Å². The molecule has 0 aliphatic heterocycles. The maximum absolute atomic E-state index is 13.4. The first-order chi connectivity index (χ1) is 17.0. The van der Waals surface area contributed by atoms with Crippen LogP contribution in [-0.4, -0.2) is 26.9 Å². The Kier molecular flexibility index (Phi) is 8.29. The molecule has 35 heavy (non-hydrogen) atoms. The van der Waals surface area contributed by atoms with Crippen molar-refractivity contribution in [1.82, 2.24) is 10.0 Å². The Morgan fingerprint density at radius 3 is 2.31 bits per heavy atom. The number of nitrogens with one attached hydrogen (secondary N) is 2. The second kappa shape index (κ2) is 11.8. The van der Waals surface area contributed by atoms with Crippen molar-refractivity contribution in [3.05, 3.63) is 114 Å². The van der Waals surface area contributed by atoms with Crippen molar-refractivity contribution in [2.45, 2.75) is 36.6 Å². The molecule has 0 spiro atoms. The summed E-state index contributed by atoms with van der Waals surface area (Å²) < 4.78 is 29.4. The molecule has 1 radical (unpaired) electrons. The Balaban J connectivity index is 1.45. The monoisotopic (exact) mass is 485 g/mol. The van der Waals surface area contributed by atoms with Crippen molar-refractivity contribution >= 4 is 26.7 Å². The van der Waals surface area contributed by atoms with Gasteiger partial charge < -0.3 is 5.32 Å². The van der Waals surface area contributed by atoms with Gasteiger partial charge in [0.1, 0.15) is 6.04 Å². The minimum absolute atomic E-state index is 0.164. The van der Waals surface area contributed by atoms with E-state index in [1.54, 1.807) is 30.3 Å². The van der Waals surface area contributed by atoms with E-state index in [4.69, 9.17) is 0 Å². The number of amides is 1. The molecular formula is C29H29N2O3S. The molecule has 0 heterocycles. The summed E-state index contributed by atoms with van der Waals surface area (Å²) in [5.41, 5.74) is 2.12. The van der Waals surface area contributed by atoms with Gasteiger partial charge in [-0.05, 0) is 54.3 Å². The predicted molar refractivity (Wildman–Crippen MR) is 139 cm³/mol. The highest BCUT2D eigenvalue weighted by Gasteiger charge is 2.27. The Morgan fingerprint density at radius 2 is 1.51 bits per heavy atom. The number of unbranched alkanes of at least 4 members (excludes halogenated alkanes) is 1. The molecule has 6 heteroatoms. The molecule has 4 aromatic rings. The molecule has 4 aromatic carbocycles. The number of rotatable bonds is 11. The fourth-order valence-corrected chi connectivity index (χ4v) is 5.52. The van der Waals surface area contributed by atoms with Crippen molar-refractivity contribution in [1.29, 1.82) is 0 Å². The number of sulfonamides is 1. The zero-order valence-corrected chi connectivity index (χ0v) is 20.3. The first-order valence-corrected chi connectivity index (χ1v) is 13.3. The molecule has 0 aliphatic rings. The fourth-order valence-electron chi connectivity index (χ4n) is 4.10. The first-order valence-electron chi connectivity index (χ1n) is 11.8. The molecule has 4 rings (SSSR count). The highest BCUT2D eigenvalue weighted by atomic mass is 32.2. The fraction of sp³-hybridized carbons (Fsp3) is 0.207. The standard InChI is InChI=1S/C29H29N2O3S/c32-29(30-21-10-9-14-23-12-3-1-4-13-23)27(22-24-15-5-2-6-16-24)31-35(33,34)28-20-11-18-25-17-7-8-19-26(25)28/h1,3-8,11-13,15-20,27,31H,9-10,14,21-22H2,(H,30,32). The summed E-state index contributed by atoms with van der Waals surface area (Å²) in [7, 11) is -3.94. The van der Waals surface area contributed by atoms with Gasteiger partial charge in [-0.2, -0.15) is 4.72 Å². The molecule has 1 atom stereocenters. The number of aryl methyl sites for hydroxylation is 1. The van der Waals surface area contributed by atoms with Crippen LogP contribution in [0.3, 0.4) is 0 Å². The number of carbonyl (C=O) groups is 1. The van der Waals surface area contributed by atoms with Gasteiger partial charge in [0.15, 0.2) is 0 Å². The summed E-state index contributed by atoms with van der Waals surface area (Å²) in [6.45, 7) is 0.487. The molecule has 5 nitrogen and oxygen atoms in total. The number of hydrogen-bond acceptors (Lipinski definition) is 3. The molecular weight excluding hydrogens is 456 g/mol. The van der Waals surface area contributed by atoms with Crippen LogP contribution in [0.1, 0.15) is 24.0 Å². The molecule has 1 amide bonds. The van der Waals surface area contributed by atoms with E-state index in [1.807, 2.05) is 54.6 Å². The van der Waals surface area contributed by atoms with Gasteiger partial charge in [-0.1, -0.05) is 91.0 Å². The summed E-state index contributed by atoms with van der Waals surface area (Å²) >= 11 is 0. The molecule has 0 fully saturated rings. The average Bonchev–Trinajstić information content (AvgIpc) is 2.88. The highest BCUT2D eigenvalue weighted by molar-refractivity contribution is 7.89. The quantitative estimate of drug-likeness (QED) is 0.303. The van der Waals surface area contributed by atoms with E-state index in [2.05, 4.69) is 28.2 Å². The Bertz CT molecular complexity index is 1350. The summed E-state index contributed by atoms with van der Waals surface area (Å²) in [4.78, 5) is 13.3. The van der Waals surface area contributed by atoms with E-state index in [1.165, 1.54) is 5.56 Å². The maximum atomic E-state index is 13.4. The van der Waals surface area contributed by atoms with Gasteiger partial charge in [0.2, 0.25) is 15.9 Å². The molecule has 0 saturated heterocycles. The Morgan fingerprint density at radius 1 is 0.800 bits per heavy atom. The highest BCUT2D eigenvalue weighted by Crippen LogP contribution is 2.23. The topological polar surface area (TPSA) is 75.3 Å². The zero-order valence-electron chi connectivity index (χ0n) is 19.5. The number of hydrogen-bond donors (Lipinski definition) is 2. The maximum Gasteiger partial charge on any atom is 0.241 e. The van der Waals surface area contributed by atoms with Crippen LogP contribution in [0, 0.1) is 6.07 Å². The lowest BCUT2D eigenvalue weighted by atomic mass is 10.1. The second-order valence-corrected chi connectivity index (χ2v) is 10.2. The van der Waals surface area contributed by atoms with Gasteiger partial charge >= 0.3 is 0 Å². The van der Waals surface area contributed by atoms with Gasteiger partial charge in [0.25, 0.3) is 0 Å². The van der Waals surface area contributed by atoms with Crippen LogP contribution in [0.5, 0.6) is 0 Å². The minimum Gasteiger partial charge on any atom is -0.355 e. The predicted octanol–water partition coefficient (Wildman–Crippen LogP) is 4.67. The SMILES string of the molecule is O=C(NCCCCc1ccccc1)C(Cc1cc[c]cc1)NS(=O)(=O)c1cccc2ccccc12. The smallest absolute Gasteiger partial charge is 0.241 e. The van der Waals surface area contributed by atoms with Gasteiger partial charge in [-0.3, -0.25) is 4.79 Å². The second-order valence-electron chi connectivity index (χ2n) is 8.50. The third-order valence-corrected chi connectivity index (χ3v) is 7.44. The van der Waals surface area contributed by atoms with Crippen LogP contribution in [0.2, 0.25) is 0 Å². The van der Waals surface area contributed by atoms with Gasteiger partial charge in [-0.25, -0.2) is 8.42 Å². The van der Waals surface area contributed by atoms with E-state index in [0.717, 1.165) is 30.2 Å². The lowest BCUT2D eigenvalue weighted by Crippen LogP contribution is -2.48. The minimum atomic E-state index is -3.94. The normalized spacial score (nSPS) is 12.3. The summed E-state index contributed by atoms with van der Waals surface area (Å²) in [5.74, 6) is -0.332. The molecule has 179 valence electrons. The van der Waals surface area contributed by atoms with Gasteiger partial charge in [0, 0.05) is 11.9 Å². The summed E-state index contributed by atoms with van der Waals surface area (Å²) in [6.07, 6.45) is 2.93. The molecule has 1 unspecified atom stereocenters. The molecule has 2 N–H and O–H groups in total. The number of fused-ring (bicyclic) bond motifs is 1. The van der Waals surface area contributed by atoms with Crippen molar-refractivity contribution in [2.24, 2.45) is 0 Å². The lowest BCUT2D eigenvalue weighted by Gasteiger charge is -2.19. The third kappa shape index (κ3) is 6.78. The van der Waals surface area contributed by atoms with Crippen LogP contribution < -0.4 is 10.0 Å². The van der Waals surface area contributed by atoms with Gasteiger partial charge in [-0.15, -0.1) is 0 Å². The number of carbonyl (C=O) groups excluding carboxylic acids is 1. The third-order valence-electron chi connectivity index (χ3n) is 5.91. The lowest BCUT2D eigenvalue weighted by molar-refractivity contribution is -0.122. The van der Waals surface area contributed by atoms with Crippen LogP contribution in [0.4, 0.5) is 0 Å². The van der Waals surface area contributed by atoms with Crippen LogP contribution in [-0.2, 0) is 27.7 Å².